The number of nitrogens with two attached hydrogens (primary N) is 5. The second-order valence-electron chi connectivity index (χ2n) is 20.4. The van der Waals surface area contributed by atoms with E-state index in [-0.39, 0.29) is 69.1 Å². The highest BCUT2D eigenvalue weighted by atomic mass is 33.1. The molecule has 1 aliphatic carbocycles. The van der Waals surface area contributed by atoms with Gasteiger partial charge in [0.2, 0.25) is 65.0 Å². The highest BCUT2D eigenvalue weighted by Crippen LogP contribution is 2.49. The summed E-state index contributed by atoms with van der Waals surface area (Å²) in [5, 5.41) is 28.5. The molecule has 2 heterocycles. The average Bonchev–Trinajstić information content (AvgIpc) is 3.90. The Morgan fingerprint density at radius 2 is 1.35 bits per heavy atom. The van der Waals surface area contributed by atoms with Crippen LogP contribution in [0.15, 0.2) is 59.6 Å². The molecule has 18 N–H and O–H groups in total. The highest BCUT2D eigenvalue weighted by molar-refractivity contribution is 8.77. The smallest absolute Gasteiger partial charge is 0.246 e. The molecule has 436 valence electrons. The molecule has 2 aliphatic heterocycles. The lowest BCUT2D eigenvalue weighted by molar-refractivity contribution is -0.142. The number of amides is 11. The van der Waals surface area contributed by atoms with Gasteiger partial charge in [-0.3, -0.25) is 57.7 Å². The summed E-state index contributed by atoms with van der Waals surface area (Å²) in [6, 6.07) is 4.65. The van der Waals surface area contributed by atoms with Crippen LogP contribution in [0, 0.1) is 5.92 Å². The van der Waals surface area contributed by atoms with Crippen molar-refractivity contribution in [2.75, 3.05) is 25.4 Å². The second-order valence-corrected chi connectivity index (χ2v) is 23.2. The topological polar surface area (TPSA) is 438 Å². The van der Waals surface area contributed by atoms with Gasteiger partial charge >= 0.3 is 0 Å². The van der Waals surface area contributed by atoms with Crippen molar-refractivity contribution in [2.45, 2.75) is 144 Å². The Balaban J connectivity index is 1.54. The fourth-order valence-corrected chi connectivity index (χ4v) is 12.9. The monoisotopic (exact) mass is 1150 g/mol. The first kappa shape index (κ1) is 63.2. The summed E-state index contributed by atoms with van der Waals surface area (Å²) in [5.41, 5.74) is 28.4. The van der Waals surface area contributed by atoms with Crippen molar-refractivity contribution in [3.05, 3.63) is 65.7 Å². The van der Waals surface area contributed by atoms with Crippen LogP contribution < -0.4 is 65.9 Å². The van der Waals surface area contributed by atoms with Gasteiger partial charge in [-0.25, -0.2) is 0 Å². The number of aliphatic imine (C=N–C) groups is 1. The van der Waals surface area contributed by atoms with Crippen molar-refractivity contribution < 1.29 is 57.8 Å². The normalized spacial score (nSPS) is 24.8. The molecule has 0 bridgehead atoms. The van der Waals surface area contributed by atoms with Crippen LogP contribution in [0.5, 0.6) is 5.75 Å². The first-order valence-electron chi connectivity index (χ1n) is 26.4. The minimum atomic E-state index is -1.78. The van der Waals surface area contributed by atoms with Crippen LogP contribution in [0.2, 0.25) is 0 Å². The van der Waals surface area contributed by atoms with Gasteiger partial charge in [0.1, 0.15) is 48.0 Å². The van der Waals surface area contributed by atoms with Crippen LogP contribution in [-0.4, -0.2) is 153 Å². The van der Waals surface area contributed by atoms with Gasteiger partial charge in [-0.15, -0.1) is 0 Å². The predicted molar refractivity (Wildman–Crippen MR) is 298 cm³/mol. The molecule has 2 aromatic carbocycles. The minimum Gasteiger partial charge on any atom is -0.508 e. The van der Waals surface area contributed by atoms with Crippen molar-refractivity contribution in [3.8, 4) is 5.75 Å². The quantitative estimate of drug-likeness (QED) is 0.0302. The average molecular weight is 1150 g/mol. The first-order chi connectivity index (χ1) is 38.0. The molecule has 0 aromatic heterocycles. The highest BCUT2D eigenvalue weighted by Gasteiger charge is 2.43. The zero-order valence-electron chi connectivity index (χ0n) is 44.6. The van der Waals surface area contributed by atoms with Crippen LogP contribution in [0.1, 0.15) is 95.1 Å². The molecule has 1 saturated carbocycles. The van der Waals surface area contributed by atoms with Crippen molar-refractivity contribution in [1.29, 1.82) is 0 Å². The zero-order valence-corrected chi connectivity index (χ0v) is 46.2. The minimum absolute atomic E-state index is 0.0133. The Labute approximate surface area is 470 Å². The van der Waals surface area contributed by atoms with E-state index >= 15 is 0 Å². The van der Waals surface area contributed by atoms with Gasteiger partial charge in [-0.1, -0.05) is 71.0 Å². The standard InChI is InChI=1S/C52H74N14O12S2/c1-29-17-19-52(20-18-29)26-43(71)60-35(24-31-11-13-32(67)14-12-31)46(74)63-36(23-30-7-3-2-4-8-30)47(75)61-34(15-16-40(53)68)45(73)64-37(25-41(54)69)48(76)65-38(28-79-80-52)50(78)66-22-6-10-39(66)49(77)62-33(9-5-21-58-51(56)57)44(72)59-27-42(55)70/h2-4,7-8,11-14,29,33-39,67H,5-6,9-10,15-28H2,1H3,(H2,53,68)(H2,54,69)(H2,55,70)(H,59,72)(H,60,71)(H,61,75)(H,62,77)(H,63,74)(H,64,73)(H,65,76)(H4,56,57,58)/t29?,33-,34+,35+,36+,37+,38+,39+,52?/m1/s1. The van der Waals surface area contributed by atoms with E-state index in [1.54, 1.807) is 42.5 Å². The van der Waals surface area contributed by atoms with Crippen LogP contribution in [0.25, 0.3) is 0 Å². The molecule has 26 nitrogen and oxygen atoms in total. The van der Waals surface area contributed by atoms with Gasteiger partial charge in [0.05, 0.1) is 13.0 Å². The molecule has 3 aliphatic rings. The number of rotatable bonds is 19. The number of carbonyl (C=O) groups excluding carboxylic acids is 11. The number of nitrogens with one attached hydrogen (secondary N) is 7. The molecule has 0 radical (unpaired) electrons. The molecule has 3 fully saturated rings. The predicted octanol–water partition coefficient (Wildman–Crippen LogP) is -2.39. The molecular formula is C52H74N14O12S2. The Bertz CT molecular complexity index is 2580. The summed E-state index contributed by atoms with van der Waals surface area (Å²) in [5.74, 6) is -9.37. The number of phenols is 1. The van der Waals surface area contributed by atoms with Crippen molar-refractivity contribution in [1.82, 2.24) is 42.1 Å². The maximum Gasteiger partial charge on any atom is 0.246 e. The lowest BCUT2D eigenvalue weighted by atomic mass is 9.80. The van der Waals surface area contributed by atoms with E-state index in [9.17, 15) is 57.8 Å². The molecule has 1 spiro atoms. The van der Waals surface area contributed by atoms with Crippen LogP contribution >= 0.6 is 21.6 Å². The number of hydrogen-bond acceptors (Lipinski definition) is 15. The van der Waals surface area contributed by atoms with Crippen LogP contribution in [0.3, 0.4) is 0 Å². The Kier molecular flexibility index (Phi) is 24.2. The number of likely N-dealkylation sites (tertiary alicyclic amines) is 1. The van der Waals surface area contributed by atoms with Crippen molar-refractivity contribution in [3.63, 3.8) is 0 Å². The molecule has 2 saturated heterocycles. The van der Waals surface area contributed by atoms with Gasteiger partial charge in [0.15, 0.2) is 5.96 Å². The SMILES string of the molecule is CC1CCC2(CC1)CC(=O)N[C@@H](Cc1ccc(O)cc1)C(=O)N[C@@H](Cc1ccccc1)C(=O)N[C@@H](CCC(N)=O)C(=O)N[C@@H](CC(N)=O)C(=O)N[C@H](C(=O)N1CCC[C@H]1C(=O)N[C@H](CCCN=C(N)N)C(=O)NCC(N)=O)CSS2. The van der Waals surface area contributed by atoms with Crippen molar-refractivity contribution in [2.24, 2.45) is 39.6 Å². The Morgan fingerprint density at radius 1 is 0.750 bits per heavy atom. The van der Waals surface area contributed by atoms with Crippen molar-refractivity contribution >= 4 is 92.5 Å². The van der Waals surface area contributed by atoms with Crippen LogP contribution in [0.4, 0.5) is 0 Å². The number of phenolic OH excluding ortho intramolecular Hbond substituents is 1. The van der Waals surface area contributed by atoms with E-state index in [1.807, 2.05) is 0 Å². The Morgan fingerprint density at radius 3 is 1.98 bits per heavy atom. The second kappa shape index (κ2) is 30.7. The fourth-order valence-electron chi connectivity index (χ4n) is 9.55. The summed E-state index contributed by atoms with van der Waals surface area (Å²) in [6.07, 6.45) is 1.26. The van der Waals surface area contributed by atoms with E-state index in [0.717, 1.165) is 12.8 Å². The summed E-state index contributed by atoms with van der Waals surface area (Å²) in [6.45, 7) is 1.69. The number of hydrogen-bond donors (Lipinski definition) is 13. The van der Waals surface area contributed by atoms with E-state index < -0.39 is 138 Å². The van der Waals surface area contributed by atoms with Gasteiger partial charge in [-0.2, -0.15) is 0 Å². The first-order valence-corrected chi connectivity index (χ1v) is 28.8. The Hall–Kier alpha value is -7.62. The summed E-state index contributed by atoms with van der Waals surface area (Å²) in [7, 11) is 2.49. The maximum atomic E-state index is 15.0. The number of benzene rings is 2. The molecule has 11 amide bonds. The van der Waals surface area contributed by atoms with E-state index in [2.05, 4.69) is 49.1 Å². The fraction of sp³-hybridized carbons (Fsp3) is 0.538. The number of aromatic hydroxyl groups is 1. The molecule has 5 rings (SSSR count). The van der Waals surface area contributed by atoms with Crippen LogP contribution in [-0.2, 0) is 65.6 Å². The summed E-state index contributed by atoms with van der Waals surface area (Å²) in [4.78, 5) is 156. The number of carbonyl (C=O) groups is 11. The van der Waals surface area contributed by atoms with Gasteiger partial charge < -0.3 is 75.9 Å². The third kappa shape index (κ3) is 20.2. The molecule has 0 unspecified atom stereocenters. The number of nitrogens with zero attached hydrogens (tertiary/aromatic N) is 2. The van der Waals surface area contributed by atoms with Gasteiger partial charge in [0.25, 0.3) is 0 Å². The number of primary amides is 3. The van der Waals surface area contributed by atoms with Gasteiger partial charge in [-0.05, 0) is 87.0 Å². The molecule has 2 aromatic rings. The third-order valence-corrected chi connectivity index (χ3v) is 17.2. The summed E-state index contributed by atoms with van der Waals surface area (Å²) >= 11 is 0. The summed E-state index contributed by atoms with van der Waals surface area (Å²) < 4.78 is -0.779. The zero-order chi connectivity index (χ0) is 58.5. The van der Waals surface area contributed by atoms with Gasteiger partial charge in [0, 0.05) is 49.3 Å². The van der Waals surface area contributed by atoms with E-state index in [0.29, 0.717) is 36.3 Å². The molecule has 80 heavy (non-hydrogen) atoms. The largest absolute Gasteiger partial charge is 0.508 e. The molecule has 28 heteroatoms. The molecule has 7 atom stereocenters. The van der Waals surface area contributed by atoms with E-state index in [4.69, 9.17) is 28.7 Å². The number of guanidine groups is 1. The lowest BCUT2D eigenvalue weighted by Gasteiger charge is -2.38. The maximum absolute atomic E-state index is 15.0. The lowest BCUT2D eigenvalue weighted by Crippen LogP contribution is -2.61. The molecular weight excluding hydrogens is 1080 g/mol. The third-order valence-electron chi connectivity index (χ3n) is 13.9. The van der Waals surface area contributed by atoms with E-state index in [1.165, 1.54) is 38.6 Å².